The second-order valence-corrected chi connectivity index (χ2v) is 6.66. The monoisotopic (exact) mass is 466 g/mol. The Morgan fingerprint density at radius 1 is 0.969 bits per heavy atom. The van der Waals surface area contributed by atoms with Crippen LogP contribution in [0.15, 0.2) is 48.7 Å². The number of hydrogen-bond donors (Lipinski definition) is 1. The first-order valence-electron chi connectivity index (χ1n) is 9.29. The number of benzene rings is 2. The van der Waals surface area contributed by atoms with E-state index in [0.717, 1.165) is 42.2 Å². The summed E-state index contributed by atoms with van der Waals surface area (Å²) in [5.41, 5.74) is -1.31. The van der Waals surface area contributed by atoms with Gasteiger partial charge < -0.3 is 5.32 Å². The number of anilines is 1. The molecule has 0 saturated heterocycles. The predicted octanol–water partition coefficient (Wildman–Crippen LogP) is 6.33. The van der Waals surface area contributed by atoms with Crippen LogP contribution in [0.25, 0.3) is 22.2 Å². The van der Waals surface area contributed by atoms with E-state index < -0.39 is 34.8 Å². The fourth-order valence-electron chi connectivity index (χ4n) is 2.83. The molecular formula is C21H15F5N4OS. The first-order valence-corrected chi connectivity index (χ1v) is 10.0. The molecule has 32 heavy (non-hydrogen) atoms. The fraction of sp³-hybridized carbons (Fsp3) is 0.143. The van der Waals surface area contributed by atoms with E-state index in [-0.39, 0.29) is 22.5 Å². The van der Waals surface area contributed by atoms with Gasteiger partial charge >= 0.3 is 6.18 Å². The van der Waals surface area contributed by atoms with Crippen LogP contribution in [0.2, 0.25) is 0 Å². The highest BCUT2D eigenvalue weighted by Gasteiger charge is 2.34. The molecule has 5 nitrogen and oxygen atoms in total. The molecule has 4 rings (SSSR count). The van der Waals surface area contributed by atoms with Crippen molar-refractivity contribution >= 4 is 34.5 Å². The molecule has 0 aliphatic carbocycles. The van der Waals surface area contributed by atoms with Gasteiger partial charge in [-0.2, -0.15) is 21.9 Å². The summed E-state index contributed by atoms with van der Waals surface area (Å²) in [5, 5.41) is 2.22. The molecule has 0 atom stereocenters. The van der Waals surface area contributed by atoms with Crippen molar-refractivity contribution in [3.8, 4) is 11.1 Å². The standard InChI is InChI=1S/C19H9F5N4OS.C2H6/c20-12-2-1-3-13(21)17(12)18(29)26-16-5-4-9(8-25-16)10-6-14-15(28-30-27-14)7-11(10)19(22,23)24;1-2/h1-8H,(H,25,26,29);1-2H3. The van der Waals surface area contributed by atoms with Crippen molar-refractivity contribution in [1.82, 2.24) is 13.7 Å². The number of rotatable bonds is 3. The Labute approximate surface area is 183 Å². The summed E-state index contributed by atoms with van der Waals surface area (Å²) >= 11 is 0.794. The minimum atomic E-state index is -4.64. The van der Waals surface area contributed by atoms with Crippen LogP contribution in [-0.4, -0.2) is 19.6 Å². The quantitative estimate of drug-likeness (QED) is 0.359. The Balaban J connectivity index is 0.00000141. The molecule has 2 aromatic heterocycles. The van der Waals surface area contributed by atoms with Gasteiger partial charge in [0.05, 0.1) is 17.3 Å². The van der Waals surface area contributed by atoms with Gasteiger partial charge in [0.2, 0.25) is 0 Å². The molecule has 0 spiro atoms. The Hall–Kier alpha value is -3.47. The molecule has 0 fully saturated rings. The van der Waals surface area contributed by atoms with E-state index in [1.165, 1.54) is 18.2 Å². The van der Waals surface area contributed by atoms with Crippen LogP contribution in [0.3, 0.4) is 0 Å². The van der Waals surface area contributed by atoms with Gasteiger partial charge in [-0.3, -0.25) is 4.79 Å². The third-order valence-corrected chi connectivity index (χ3v) is 4.76. The van der Waals surface area contributed by atoms with Crippen LogP contribution in [0.1, 0.15) is 29.8 Å². The maximum atomic E-state index is 13.7. The highest BCUT2D eigenvalue weighted by atomic mass is 32.1. The maximum absolute atomic E-state index is 13.7. The molecule has 1 amide bonds. The average molecular weight is 466 g/mol. The van der Waals surface area contributed by atoms with E-state index in [1.54, 1.807) is 0 Å². The topological polar surface area (TPSA) is 67.8 Å². The highest BCUT2D eigenvalue weighted by Crippen LogP contribution is 2.39. The number of nitrogens with zero attached hydrogens (tertiary/aromatic N) is 3. The summed E-state index contributed by atoms with van der Waals surface area (Å²) in [5.74, 6) is -3.26. The number of hydrogen-bond acceptors (Lipinski definition) is 5. The third-order valence-electron chi connectivity index (χ3n) is 4.20. The number of alkyl halides is 3. The summed E-state index contributed by atoms with van der Waals surface area (Å²) in [6, 6.07) is 7.66. The van der Waals surface area contributed by atoms with Crippen LogP contribution >= 0.6 is 11.7 Å². The van der Waals surface area contributed by atoms with Gasteiger partial charge in [-0.05, 0) is 42.0 Å². The van der Waals surface area contributed by atoms with Gasteiger partial charge in [0.15, 0.2) is 0 Å². The van der Waals surface area contributed by atoms with Gasteiger partial charge in [0.1, 0.15) is 34.0 Å². The largest absolute Gasteiger partial charge is 0.417 e. The lowest BCUT2D eigenvalue weighted by molar-refractivity contribution is -0.137. The van der Waals surface area contributed by atoms with Gasteiger partial charge in [-0.1, -0.05) is 19.9 Å². The fourth-order valence-corrected chi connectivity index (χ4v) is 3.33. The van der Waals surface area contributed by atoms with Gasteiger partial charge in [0, 0.05) is 11.8 Å². The SMILES string of the molecule is CC.O=C(Nc1ccc(-c2cc3nsnc3cc2C(F)(F)F)cn1)c1c(F)cccc1F. The van der Waals surface area contributed by atoms with E-state index in [9.17, 15) is 26.7 Å². The first kappa shape index (κ1) is 23.2. The van der Waals surface area contributed by atoms with Gasteiger partial charge in [0.25, 0.3) is 5.91 Å². The summed E-state index contributed by atoms with van der Waals surface area (Å²) < 4.78 is 75.7. The lowest BCUT2D eigenvalue weighted by atomic mass is 9.99. The molecule has 4 aromatic rings. The number of nitrogens with one attached hydrogen (secondary N) is 1. The maximum Gasteiger partial charge on any atom is 0.417 e. The summed E-state index contributed by atoms with van der Waals surface area (Å²) in [6.07, 6.45) is -3.52. The summed E-state index contributed by atoms with van der Waals surface area (Å²) in [7, 11) is 0. The Morgan fingerprint density at radius 3 is 2.16 bits per heavy atom. The van der Waals surface area contributed by atoms with E-state index in [1.807, 2.05) is 13.8 Å². The third kappa shape index (κ3) is 4.72. The molecule has 0 unspecified atom stereocenters. The second-order valence-electron chi connectivity index (χ2n) is 6.13. The van der Waals surface area contributed by atoms with Gasteiger partial charge in [-0.15, -0.1) is 0 Å². The van der Waals surface area contributed by atoms with Crippen molar-refractivity contribution in [3.63, 3.8) is 0 Å². The Kier molecular flexibility index (Phi) is 6.78. The van der Waals surface area contributed by atoms with Crippen molar-refractivity contribution in [2.24, 2.45) is 0 Å². The van der Waals surface area contributed by atoms with Crippen molar-refractivity contribution in [3.05, 3.63) is 71.4 Å². The number of amides is 1. The minimum Gasteiger partial charge on any atom is -0.306 e. The van der Waals surface area contributed by atoms with Crippen molar-refractivity contribution < 1.29 is 26.7 Å². The molecule has 166 valence electrons. The summed E-state index contributed by atoms with van der Waals surface area (Å²) in [6.45, 7) is 4.00. The zero-order chi connectivity index (χ0) is 23.5. The molecule has 2 heterocycles. The molecule has 11 heteroatoms. The molecule has 2 aromatic carbocycles. The Bertz CT molecular complexity index is 1240. The Morgan fingerprint density at radius 2 is 1.59 bits per heavy atom. The number of pyridine rings is 1. The zero-order valence-electron chi connectivity index (χ0n) is 16.7. The lowest BCUT2D eigenvalue weighted by Gasteiger charge is -2.13. The van der Waals surface area contributed by atoms with E-state index >= 15 is 0 Å². The molecule has 0 radical (unpaired) electrons. The smallest absolute Gasteiger partial charge is 0.306 e. The number of carbonyl (C=O) groups excluding carboxylic acids is 1. The zero-order valence-corrected chi connectivity index (χ0v) is 17.5. The van der Waals surface area contributed by atoms with Crippen LogP contribution in [0.4, 0.5) is 27.8 Å². The number of halogens is 5. The van der Waals surface area contributed by atoms with Crippen LogP contribution in [-0.2, 0) is 6.18 Å². The predicted molar refractivity (Wildman–Crippen MR) is 111 cm³/mol. The highest BCUT2D eigenvalue weighted by molar-refractivity contribution is 7.00. The van der Waals surface area contributed by atoms with E-state index in [0.29, 0.717) is 5.52 Å². The first-order chi connectivity index (χ1) is 15.2. The number of aromatic nitrogens is 3. The molecule has 0 bridgehead atoms. The van der Waals surface area contributed by atoms with Crippen LogP contribution in [0, 0.1) is 11.6 Å². The average Bonchev–Trinajstić information content (AvgIpc) is 3.22. The molecular weight excluding hydrogens is 451 g/mol. The normalized spacial score (nSPS) is 11.1. The number of fused-ring (bicyclic) bond motifs is 1. The molecule has 0 aliphatic heterocycles. The van der Waals surface area contributed by atoms with E-state index in [4.69, 9.17) is 0 Å². The minimum absolute atomic E-state index is 0.0867. The lowest BCUT2D eigenvalue weighted by Crippen LogP contribution is -2.16. The van der Waals surface area contributed by atoms with Crippen LogP contribution < -0.4 is 5.32 Å². The van der Waals surface area contributed by atoms with Gasteiger partial charge in [-0.25, -0.2) is 13.8 Å². The van der Waals surface area contributed by atoms with Crippen molar-refractivity contribution in [2.45, 2.75) is 20.0 Å². The van der Waals surface area contributed by atoms with Crippen LogP contribution in [0.5, 0.6) is 0 Å². The molecule has 0 saturated carbocycles. The number of carbonyl (C=O) groups is 1. The molecule has 0 aliphatic rings. The molecule has 1 N–H and O–H groups in total. The second kappa shape index (κ2) is 9.35. The van der Waals surface area contributed by atoms with E-state index in [2.05, 4.69) is 19.0 Å². The van der Waals surface area contributed by atoms with Crippen molar-refractivity contribution in [2.75, 3.05) is 5.32 Å². The summed E-state index contributed by atoms with van der Waals surface area (Å²) in [4.78, 5) is 16.0. The van der Waals surface area contributed by atoms with Crippen molar-refractivity contribution in [1.29, 1.82) is 0 Å².